The summed E-state index contributed by atoms with van der Waals surface area (Å²) in [6.45, 7) is 3.09. The molecule has 1 atom stereocenters. The summed E-state index contributed by atoms with van der Waals surface area (Å²) in [6.07, 6.45) is 3.67. The lowest BCUT2D eigenvalue weighted by molar-refractivity contribution is 0.0924. The van der Waals surface area contributed by atoms with Crippen molar-refractivity contribution in [1.82, 2.24) is 15.2 Å². The smallest absolute Gasteiger partial charge is 0.251 e. The number of rotatable bonds is 9. The molecule has 1 unspecified atom stereocenters. The van der Waals surface area contributed by atoms with E-state index in [1.54, 1.807) is 36.1 Å². The van der Waals surface area contributed by atoms with E-state index in [4.69, 9.17) is 9.47 Å². The van der Waals surface area contributed by atoms with Gasteiger partial charge in [-0.2, -0.15) is 0 Å². The van der Waals surface area contributed by atoms with Crippen molar-refractivity contribution < 1.29 is 14.3 Å². The van der Waals surface area contributed by atoms with Gasteiger partial charge in [-0.05, 0) is 67.9 Å². The zero-order valence-corrected chi connectivity index (χ0v) is 19.1. The number of amides is 1. The highest BCUT2D eigenvalue weighted by Crippen LogP contribution is 2.26. The first-order chi connectivity index (χ1) is 15.7. The van der Waals surface area contributed by atoms with Crippen molar-refractivity contribution in [3.63, 3.8) is 0 Å². The molecule has 7 heteroatoms. The Labute approximate surface area is 193 Å². The first kappa shape index (κ1) is 22.3. The number of methoxy groups -OCH3 is 1. The van der Waals surface area contributed by atoms with Gasteiger partial charge in [0.15, 0.2) is 0 Å². The van der Waals surface area contributed by atoms with Crippen molar-refractivity contribution in [2.45, 2.75) is 31.9 Å². The molecule has 1 N–H and O–H groups in total. The van der Waals surface area contributed by atoms with Gasteiger partial charge in [0.2, 0.25) is 0 Å². The fourth-order valence-corrected chi connectivity index (χ4v) is 4.52. The highest BCUT2D eigenvalue weighted by Gasteiger charge is 2.23. The standard InChI is InChI=1S/C25H29N3O3S/c1-30-22-9-5-19(6-10-22)24(28-13-3-2-4-14-28)15-26-25(29)20-7-11-23(12-8-20)31-16-21-17-32-18-27-21/h5-12,17-18,24H,2-4,13-16H2,1H3,(H,26,29). The van der Waals surface area contributed by atoms with Gasteiger partial charge in [0, 0.05) is 17.5 Å². The number of likely N-dealkylation sites (tertiary alicyclic amines) is 1. The molecule has 0 saturated carbocycles. The Morgan fingerprint density at radius 1 is 1.06 bits per heavy atom. The van der Waals surface area contributed by atoms with E-state index < -0.39 is 0 Å². The highest BCUT2D eigenvalue weighted by molar-refractivity contribution is 7.07. The van der Waals surface area contributed by atoms with Gasteiger partial charge in [0.25, 0.3) is 5.91 Å². The number of aromatic nitrogens is 1. The van der Waals surface area contributed by atoms with Crippen LogP contribution in [0, 0.1) is 0 Å². The van der Waals surface area contributed by atoms with Gasteiger partial charge in [0.1, 0.15) is 18.1 Å². The molecule has 32 heavy (non-hydrogen) atoms. The molecular formula is C25H29N3O3S. The molecule has 1 saturated heterocycles. The number of benzene rings is 2. The maximum absolute atomic E-state index is 12.8. The third-order valence-corrected chi connectivity index (χ3v) is 6.41. The summed E-state index contributed by atoms with van der Waals surface area (Å²) in [5.41, 5.74) is 4.51. The van der Waals surface area contributed by atoms with Crippen LogP contribution in [0.25, 0.3) is 0 Å². The van der Waals surface area contributed by atoms with Crippen LogP contribution in [0.3, 0.4) is 0 Å². The van der Waals surface area contributed by atoms with Crippen LogP contribution >= 0.6 is 11.3 Å². The minimum Gasteiger partial charge on any atom is -0.497 e. The Kier molecular flexibility index (Phi) is 7.74. The SMILES string of the molecule is COc1ccc(C(CNC(=O)c2ccc(OCc3cscn3)cc2)N2CCCCC2)cc1. The largest absolute Gasteiger partial charge is 0.497 e. The van der Waals surface area contributed by atoms with Crippen molar-refractivity contribution in [1.29, 1.82) is 0 Å². The Hall–Kier alpha value is -2.90. The van der Waals surface area contributed by atoms with Crippen molar-refractivity contribution in [2.75, 3.05) is 26.7 Å². The summed E-state index contributed by atoms with van der Waals surface area (Å²) in [7, 11) is 1.67. The van der Waals surface area contributed by atoms with Gasteiger partial charge < -0.3 is 14.8 Å². The predicted molar refractivity (Wildman–Crippen MR) is 126 cm³/mol. The highest BCUT2D eigenvalue weighted by atomic mass is 32.1. The molecule has 0 aliphatic carbocycles. The Morgan fingerprint density at radius 2 is 1.78 bits per heavy atom. The number of piperidine rings is 1. The molecule has 0 radical (unpaired) electrons. The number of carbonyl (C=O) groups excluding carboxylic acids is 1. The number of ether oxygens (including phenoxy) is 2. The first-order valence-electron chi connectivity index (χ1n) is 11.0. The van der Waals surface area contributed by atoms with Crippen LogP contribution in [0.1, 0.15) is 46.9 Å². The Morgan fingerprint density at radius 3 is 2.44 bits per heavy atom. The fraction of sp³-hybridized carbons (Fsp3) is 0.360. The zero-order valence-electron chi connectivity index (χ0n) is 18.3. The van der Waals surface area contributed by atoms with E-state index in [9.17, 15) is 4.79 Å². The van der Waals surface area contributed by atoms with E-state index in [-0.39, 0.29) is 11.9 Å². The fourth-order valence-electron chi connectivity index (χ4n) is 3.97. The van der Waals surface area contributed by atoms with Crippen LogP contribution < -0.4 is 14.8 Å². The molecule has 0 bridgehead atoms. The molecule has 1 amide bonds. The van der Waals surface area contributed by atoms with E-state index in [2.05, 4.69) is 27.3 Å². The molecule has 2 heterocycles. The van der Waals surface area contributed by atoms with Crippen LogP contribution in [0.15, 0.2) is 59.4 Å². The molecule has 1 aliphatic heterocycles. The third kappa shape index (κ3) is 5.87. The van der Waals surface area contributed by atoms with E-state index in [1.807, 2.05) is 29.6 Å². The van der Waals surface area contributed by atoms with Gasteiger partial charge in [-0.15, -0.1) is 11.3 Å². The summed E-state index contributed by atoms with van der Waals surface area (Å²) in [5, 5.41) is 5.10. The second-order valence-corrected chi connectivity index (χ2v) is 8.61. The van der Waals surface area contributed by atoms with Crippen molar-refractivity contribution in [3.05, 3.63) is 76.2 Å². The summed E-state index contributed by atoms with van der Waals surface area (Å²) in [5.74, 6) is 1.48. The summed E-state index contributed by atoms with van der Waals surface area (Å²) >= 11 is 1.55. The molecule has 3 aromatic rings. The molecule has 1 fully saturated rings. The van der Waals surface area contributed by atoms with E-state index in [1.165, 1.54) is 24.8 Å². The molecule has 4 rings (SSSR count). The van der Waals surface area contributed by atoms with Crippen LogP contribution in [-0.4, -0.2) is 42.5 Å². The van der Waals surface area contributed by atoms with Gasteiger partial charge in [-0.25, -0.2) is 4.98 Å². The normalized spacial score (nSPS) is 15.2. The van der Waals surface area contributed by atoms with Gasteiger partial charge >= 0.3 is 0 Å². The van der Waals surface area contributed by atoms with Gasteiger partial charge in [0.05, 0.1) is 24.4 Å². The van der Waals surface area contributed by atoms with Crippen LogP contribution in [0.5, 0.6) is 11.5 Å². The average molecular weight is 452 g/mol. The van der Waals surface area contributed by atoms with E-state index in [0.29, 0.717) is 18.7 Å². The molecule has 2 aromatic carbocycles. The van der Waals surface area contributed by atoms with Crippen molar-refractivity contribution >= 4 is 17.2 Å². The second kappa shape index (κ2) is 11.1. The topological polar surface area (TPSA) is 63.7 Å². The monoisotopic (exact) mass is 451 g/mol. The minimum absolute atomic E-state index is 0.0772. The number of nitrogens with one attached hydrogen (secondary N) is 1. The van der Waals surface area contributed by atoms with E-state index in [0.717, 1.165) is 30.3 Å². The zero-order chi connectivity index (χ0) is 22.2. The summed E-state index contributed by atoms with van der Waals surface area (Å²) in [4.78, 5) is 19.5. The summed E-state index contributed by atoms with van der Waals surface area (Å²) < 4.78 is 11.0. The maximum Gasteiger partial charge on any atom is 0.251 e. The second-order valence-electron chi connectivity index (χ2n) is 7.89. The Balaban J connectivity index is 1.37. The quantitative estimate of drug-likeness (QED) is 0.511. The number of hydrogen-bond donors (Lipinski definition) is 1. The predicted octanol–water partition coefficient (Wildman–Crippen LogP) is 4.69. The third-order valence-electron chi connectivity index (χ3n) is 5.77. The lowest BCUT2D eigenvalue weighted by Crippen LogP contribution is -2.40. The van der Waals surface area contributed by atoms with Crippen LogP contribution in [0.4, 0.5) is 0 Å². The minimum atomic E-state index is -0.0772. The molecule has 168 valence electrons. The van der Waals surface area contributed by atoms with Crippen molar-refractivity contribution in [3.8, 4) is 11.5 Å². The maximum atomic E-state index is 12.8. The summed E-state index contributed by atoms with van der Waals surface area (Å²) in [6, 6.07) is 15.6. The van der Waals surface area contributed by atoms with Crippen molar-refractivity contribution in [2.24, 2.45) is 0 Å². The molecule has 1 aromatic heterocycles. The first-order valence-corrected chi connectivity index (χ1v) is 11.9. The van der Waals surface area contributed by atoms with Gasteiger partial charge in [-0.3, -0.25) is 9.69 Å². The van der Waals surface area contributed by atoms with Gasteiger partial charge in [-0.1, -0.05) is 18.6 Å². The number of nitrogens with zero attached hydrogens (tertiary/aromatic N) is 2. The van der Waals surface area contributed by atoms with E-state index >= 15 is 0 Å². The lowest BCUT2D eigenvalue weighted by atomic mass is 10.0. The number of hydrogen-bond acceptors (Lipinski definition) is 6. The van der Waals surface area contributed by atoms with Crippen LogP contribution in [0.2, 0.25) is 0 Å². The molecule has 1 aliphatic rings. The molecule has 6 nitrogen and oxygen atoms in total. The molecule has 0 spiro atoms. The lowest BCUT2D eigenvalue weighted by Gasteiger charge is -2.35. The Bertz CT molecular complexity index is 969. The number of carbonyl (C=O) groups is 1. The molecular weight excluding hydrogens is 422 g/mol. The average Bonchev–Trinajstić information content (AvgIpc) is 3.38. The van der Waals surface area contributed by atoms with Crippen LogP contribution in [-0.2, 0) is 6.61 Å². The number of thiazole rings is 1.